The molecule has 0 fully saturated rings. The molecule has 0 unspecified atom stereocenters. The second-order valence-corrected chi connectivity index (χ2v) is 15.9. The number of aromatic nitrogens is 3. The van der Waals surface area contributed by atoms with Crippen LogP contribution in [0, 0.1) is 0 Å². The normalized spacial score (nSPS) is 12.6. The third kappa shape index (κ3) is 5.65. The van der Waals surface area contributed by atoms with Crippen LogP contribution in [0.15, 0.2) is 229 Å². The van der Waals surface area contributed by atoms with E-state index >= 15 is 0 Å². The number of hydrogen-bond donors (Lipinski definition) is 0. The summed E-state index contributed by atoms with van der Waals surface area (Å²) < 4.78 is 6.75. The molecule has 0 atom stereocenters. The van der Waals surface area contributed by atoms with E-state index in [0.29, 0.717) is 17.5 Å². The molecule has 62 heavy (non-hydrogen) atoms. The quantitative estimate of drug-likeness (QED) is 0.161. The van der Waals surface area contributed by atoms with Gasteiger partial charge >= 0.3 is 0 Å². The van der Waals surface area contributed by atoms with E-state index in [1.54, 1.807) is 0 Å². The maximum Gasteiger partial charge on any atom is 0.167 e. The first-order valence-corrected chi connectivity index (χ1v) is 21.0. The molecule has 1 aliphatic carbocycles. The van der Waals surface area contributed by atoms with Gasteiger partial charge in [0, 0.05) is 21.9 Å². The van der Waals surface area contributed by atoms with Crippen LogP contribution in [-0.2, 0) is 5.41 Å². The van der Waals surface area contributed by atoms with Crippen molar-refractivity contribution in [3.8, 4) is 67.5 Å². The molecule has 0 N–H and O–H groups in total. The number of rotatable bonds is 7. The molecule has 2 heterocycles. The van der Waals surface area contributed by atoms with Crippen LogP contribution in [0.4, 0.5) is 0 Å². The molecule has 290 valence electrons. The predicted molar refractivity (Wildman–Crippen MR) is 252 cm³/mol. The molecule has 12 rings (SSSR count). The van der Waals surface area contributed by atoms with Crippen molar-refractivity contribution in [2.24, 2.45) is 0 Å². The smallest absolute Gasteiger partial charge is 0.167 e. The van der Waals surface area contributed by atoms with Crippen LogP contribution in [-0.4, -0.2) is 15.0 Å². The number of fused-ring (bicyclic) bond motifs is 6. The van der Waals surface area contributed by atoms with Crippen LogP contribution >= 0.6 is 0 Å². The van der Waals surface area contributed by atoms with Gasteiger partial charge in [0.25, 0.3) is 0 Å². The SMILES string of the molecule is c1ccc(-c2ccc(-c3ccc4oc5c(-c6nc(-c7ccccc7)nc(-c7ccccc7C7(c8ccccc8)c8ccccc8-c8ccccc87)n6)cccc5c4c3)cc2)cc1. The second kappa shape index (κ2) is 14.5. The van der Waals surface area contributed by atoms with Crippen molar-refractivity contribution in [2.45, 2.75) is 5.41 Å². The van der Waals surface area contributed by atoms with Crippen molar-refractivity contribution in [3.63, 3.8) is 0 Å². The number of benzene rings is 9. The summed E-state index contributed by atoms with van der Waals surface area (Å²) in [6, 6.07) is 79.2. The van der Waals surface area contributed by atoms with Gasteiger partial charge in [-0.15, -0.1) is 0 Å². The van der Waals surface area contributed by atoms with E-state index in [1.807, 2.05) is 24.3 Å². The Kier molecular flexibility index (Phi) is 8.36. The fourth-order valence-electron chi connectivity index (χ4n) is 9.66. The van der Waals surface area contributed by atoms with Crippen molar-refractivity contribution in [3.05, 3.63) is 247 Å². The number of hydrogen-bond acceptors (Lipinski definition) is 4. The van der Waals surface area contributed by atoms with Crippen molar-refractivity contribution in [1.29, 1.82) is 0 Å². The van der Waals surface area contributed by atoms with E-state index in [4.69, 9.17) is 19.4 Å². The molecule has 9 aromatic carbocycles. The lowest BCUT2D eigenvalue weighted by atomic mass is 9.66. The average molecular weight is 792 g/mol. The van der Waals surface area contributed by atoms with E-state index in [-0.39, 0.29) is 0 Å². The number of para-hydroxylation sites is 1. The zero-order chi connectivity index (χ0) is 41.0. The Bertz CT molecular complexity index is 3400. The van der Waals surface area contributed by atoms with E-state index in [9.17, 15) is 0 Å². The van der Waals surface area contributed by atoms with E-state index < -0.39 is 5.41 Å². The lowest BCUT2D eigenvalue weighted by Crippen LogP contribution is -2.29. The summed E-state index contributed by atoms with van der Waals surface area (Å²) in [5, 5.41) is 2.05. The Morgan fingerprint density at radius 2 is 0.758 bits per heavy atom. The van der Waals surface area contributed by atoms with Crippen LogP contribution in [0.25, 0.3) is 89.5 Å². The molecule has 0 saturated heterocycles. The molecular formula is C58H37N3O. The second-order valence-electron chi connectivity index (χ2n) is 15.9. The van der Waals surface area contributed by atoms with Crippen LogP contribution in [0.3, 0.4) is 0 Å². The average Bonchev–Trinajstić information content (AvgIpc) is 3.88. The van der Waals surface area contributed by atoms with Gasteiger partial charge < -0.3 is 4.42 Å². The van der Waals surface area contributed by atoms with Gasteiger partial charge in [-0.1, -0.05) is 206 Å². The van der Waals surface area contributed by atoms with Gasteiger partial charge in [0.05, 0.1) is 11.0 Å². The standard InChI is InChI=1S/C58H37N3O/c1-4-17-38(18-5-1)39-31-33-40(34-32-39)42-35-36-53-49(37-42)46-26-16-27-48(54(46)62-53)57-60-55(41-19-6-2-7-20-41)59-56(61-57)47-25-12-15-30-52(47)58(43-21-8-3-9-22-43)50-28-13-10-23-44(50)45-24-11-14-29-51(45)58/h1-37H. The van der Waals surface area contributed by atoms with Gasteiger partial charge in [0.1, 0.15) is 11.2 Å². The first-order chi connectivity index (χ1) is 30.7. The maximum atomic E-state index is 6.75. The fraction of sp³-hybridized carbons (Fsp3) is 0.0172. The highest BCUT2D eigenvalue weighted by Gasteiger charge is 2.47. The lowest BCUT2D eigenvalue weighted by Gasteiger charge is -2.35. The minimum Gasteiger partial charge on any atom is -0.455 e. The minimum absolute atomic E-state index is 0.547. The topological polar surface area (TPSA) is 51.8 Å². The highest BCUT2D eigenvalue weighted by atomic mass is 16.3. The monoisotopic (exact) mass is 791 g/mol. The molecule has 4 nitrogen and oxygen atoms in total. The molecule has 0 aliphatic heterocycles. The third-order valence-corrected chi connectivity index (χ3v) is 12.5. The van der Waals surface area contributed by atoms with Crippen molar-refractivity contribution >= 4 is 21.9 Å². The van der Waals surface area contributed by atoms with Crippen LogP contribution in [0.1, 0.15) is 22.3 Å². The Balaban J connectivity index is 1.05. The Hall–Kier alpha value is -8.21. The molecule has 0 saturated carbocycles. The van der Waals surface area contributed by atoms with Crippen LogP contribution in [0.2, 0.25) is 0 Å². The Morgan fingerprint density at radius 3 is 1.40 bits per heavy atom. The van der Waals surface area contributed by atoms with Crippen LogP contribution < -0.4 is 0 Å². The maximum absolute atomic E-state index is 6.75. The summed E-state index contributed by atoms with van der Waals surface area (Å²) in [6.07, 6.45) is 0. The van der Waals surface area contributed by atoms with Crippen molar-refractivity contribution in [2.75, 3.05) is 0 Å². The highest BCUT2D eigenvalue weighted by molar-refractivity contribution is 6.10. The molecule has 0 spiro atoms. The first-order valence-electron chi connectivity index (χ1n) is 21.0. The molecule has 0 amide bonds. The lowest BCUT2D eigenvalue weighted by molar-refractivity contribution is 0.669. The van der Waals surface area contributed by atoms with Gasteiger partial charge in [0.2, 0.25) is 0 Å². The van der Waals surface area contributed by atoms with Gasteiger partial charge in [0.15, 0.2) is 17.5 Å². The van der Waals surface area contributed by atoms with E-state index in [2.05, 4.69) is 200 Å². The number of furan rings is 1. The predicted octanol–water partition coefficient (Wildman–Crippen LogP) is 14.5. The Morgan fingerprint density at radius 1 is 0.306 bits per heavy atom. The molecule has 1 aliphatic rings. The zero-order valence-electron chi connectivity index (χ0n) is 33.6. The summed E-state index contributed by atoms with van der Waals surface area (Å²) in [5.41, 5.74) is 15.4. The van der Waals surface area contributed by atoms with E-state index in [0.717, 1.165) is 55.3 Å². The highest BCUT2D eigenvalue weighted by Crippen LogP contribution is 2.57. The molecule has 0 bridgehead atoms. The van der Waals surface area contributed by atoms with Gasteiger partial charge in [-0.05, 0) is 73.8 Å². The molecule has 0 radical (unpaired) electrons. The summed E-state index contributed by atoms with van der Waals surface area (Å²) in [7, 11) is 0. The first kappa shape index (κ1) is 35.7. The largest absolute Gasteiger partial charge is 0.455 e. The van der Waals surface area contributed by atoms with E-state index in [1.165, 1.54) is 38.9 Å². The van der Waals surface area contributed by atoms with Gasteiger partial charge in [-0.3, -0.25) is 0 Å². The van der Waals surface area contributed by atoms with Gasteiger partial charge in [-0.2, -0.15) is 0 Å². The molecule has 4 heteroatoms. The zero-order valence-corrected chi connectivity index (χ0v) is 33.6. The minimum atomic E-state index is -0.636. The fourth-order valence-corrected chi connectivity index (χ4v) is 9.66. The molecule has 2 aromatic heterocycles. The Labute approximate surface area is 359 Å². The van der Waals surface area contributed by atoms with Crippen LogP contribution in [0.5, 0.6) is 0 Å². The summed E-state index contributed by atoms with van der Waals surface area (Å²) in [4.78, 5) is 15.9. The summed E-state index contributed by atoms with van der Waals surface area (Å²) in [5.74, 6) is 1.73. The molecule has 11 aromatic rings. The van der Waals surface area contributed by atoms with Gasteiger partial charge in [-0.25, -0.2) is 15.0 Å². The van der Waals surface area contributed by atoms with Crippen molar-refractivity contribution < 1.29 is 4.42 Å². The van der Waals surface area contributed by atoms with Crippen molar-refractivity contribution in [1.82, 2.24) is 15.0 Å². The summed E-state index contributed by atoms with van der Waals surface area (Å²) in [6.45, 7) is 0. The summed E-state index contributed by atoms with van der Waals surface area (Å²) >= 11 is 0. The number of nitrogens with zero attached hydrogens (tertiary/aromatic N) is 3. The molecular weight excluding hydrogens is 755 g/mol. The third-order valence-electron chi connectivity index (χ3n) is 12.5.